The molecule has 1 aliphatic carbocycles. The summed E-state index contributed by atoms with van der Waals surface area (Å²) in [5.74, 6) is 2.11. The minimum absolute atomic E-state index is 0. The Bertz CT molecular complexity index is 609. The molecule has 0 spiro atoms. The van der Waals surface area contributed by atoms with Crippen molar-refractivity contribution in [2.24, 2.45) is 11.8 Å². The van der Waals surface area contributed by atoms with Crippen molar-refractivity contribution >= 4 is 10.8 Å². The summed E-state index contributed by atoms with van der Waals surface area (Å²) in [5.41, 5.74) is 1.30. The molecule has 0 N–H and O–H groups in total. The zero-order valence-electron chi connectivity index (χ0n) is 14.0. The fraction of sp³-hybridized carbons (Fsp3) is 0.550. The van der Waals surface area contributed by atoms with Crippen molar-refractivity contribution in [1.82, 2.24) is 9.88 Å². The number of nitrogens with zero attached hydrogens (tertiary/aromatic N) is 2. The molecule has 0 bridgehead atoms. The molecule has 1 saturated heterocycles. The Morgan fingerprint density at radius 3 is 2.73 bits per heavy atom. The van der Waals surface area contributed by atoms with Crippen LogP contribution < -0.4 is 0 Å². The van der Waals surface area contributed by atoms with E-state index in [1.807, 2.05) is 18.5 Å². The summed E-state index contributed by atoms with van der Waals surface area (Å²) in [5, 5.41) is 2.47. The molecule has 1 aliphatic heterocycles. The lowest BCUT2D eigenvalue weighted by molar-refractivity contribution is 0.310. The van der Waals surface area contributed by atoms with Crippen LogP contribution in [0.1, 0.15) is 39.6 Å². The van der Waals surface area contributed by atoms with Crippen molar-refractivity contribution in [2.75, 3.05) is 19.6 Å². The van der Waals surface area contributed by atoms with Crippen LogP contribution in [0.2, 0.25) is 0 Å². The maximum absolute atomic E-state index is 4.04. The maximum Gasteiger partial charge on any atom is 0.0346 e. The maximum atomic E-state index is 4.04. The first-order chi connectivity index (χ1) is 10.7. The zero-order chi connectivity index (χ0) is 15.4. The van der Waals surface area contributed by atoms with Crippen LogP contribution in [-0.2, 0) is 0 Å². The SMILES string of the molecule is CC[C@@H]1CCN(CC2CC2)C1.Cc1ccc2cnccc2c1.[HH]. The van der Waals surface area contributed by atoms with Gasteiger partial charge in [0.25, 0.3) is 0 Å². The number of pyridine rings is 1. The number of hydrogen-bond acceptors (Lipinski definition) is 2. The Morgan fingerprint density at radius 1 is 1.14 bits per heavy atom. The number of aryl methyl sites for hydroxylation is 1. The predicted molar refractivity (Wildman–Crippen MR) is 96.2 cm³/mol. The number of fused-ring (bicyclic) bond motifs is 1. The average Bonchev–Trinajstić information content (AvgIpc) is 3.23. The highest BCUT2D eigenvalue weighted by Gasteiger charge is 2.28. The molecule has 2 heterocycles. The van der Waals surface area contributed by atoms with Crippen LogP contribution in [0.4, 0.5) is 0 Å². The van der Waals surface area contributed by atoms with Crippen LogP contribution in [-0.4, -0.2) is 29.5 Å². The van der Waals surface area contributed by atoms with Gasteiger partial charge in [0.1, 0.15) is 0 Å². The highest BCUT2D eigenvalue weighted by Crippen LogP contribution is 2.31. The fourth-order valence-corrected chi connectivity index (χ4v) is 3.28. The standard InChI is InChI=1S/C10H9N.C10H19N.H2/c1-8-2-3-10-7-11-5-4-9(10)6-8;1-2-9-5-6-11(7-9)8-10-3-4-10;/h2-7H,1H3;9-10H,2-8H2,1H3;1H/t;9-;/m.1./s1. The Hall–Kier alpha value is -1.41. The molecule has 1 atom stereocenters. The van der Waals surface area contributed by atoms with E-state index in [1.165, 1.54) is 61.7 Å². The van der Waals surface area contributed by atoms with Gasteiger partial charge in [-0.2, -0.15) is 0 Å². The summed E-state index contributed by atoms with van der Waals surface area (Å²) in [4.78, 5) is 6.71. The fourth-order valence-electron chi connectivity index (χ4n) is 3.28. The second-order valence-corrected chi connectivity index (χ2v) is 6.99. The lowest BCUT2D eigenvalue weighted by Crippen LogP contribution is -2.22. The second-order valence-electron chi connectivity index (χ2n) is 6.99. The third-order valence-corrected chi connectivity index (χ3v) is 4.96. The third-order valence-electron chi connectivity index (χ3n) is 4.96. The molecule has 22 heavy (non-hydrogen) atoms. The Kier molecular flexibility index (Phi) is 5.09. The summed E-state index contributed by atoms with van der Waals surface area (Å²) in [6, 6.07) is 8.39. The van der Waals surface area contributed by atoms with Gasteiger partial charge in [0.05, 0.1) is 0 Å². The Balaban J connectivity index is 0.000000160. The number of aromatic nitrogens is 1. The number of likely N-dealkylation sites (tertiary alicyclic amines) is 1. The van der Waals surface area contributed by atoms with Gasteiger partial charge in [-0.05, 0) is 56.0 Å². The third kappa shape index (κ3) is 4.30. The molecular weight excluding hydrogens is 268 g/mol. The molecule has 4 rings (SSSR count). The molecule has 2 heteroatoms. The minimum atomic E-state index is 0. The van der Waals surface area contributed by atoms with E-state index in [1.54, 1.807) is 0 Å². The van der Waals surface area contributed by atoms with Gasteiger partial charge in [-0.3, -0.25) is 4.98 Å². The summed E-state index contributed by atoms with van der Waals surface area (Å²) in [6.45, 7) is 8.61. The van der Waals surface area contributed by atoms with Crippen LogP contribution in [0.15, 0.2) is 36.7 Å². The number of rotatable bonds is 3. The van der Waals surface area contributed by atoms with Gasteiger partial charge in [0.15, 0.2) is 0 Å². The van der Waals surface area contributed by atoms with Crippen LogP contribution in [0.5, 0.6) is 0 Å². The van der Waals surface area contributed by atoms with Crippen LogP contribution in [0.3, 0.4) is 0 Å². The van der Waals surface area contributed by atoms with Gasteiger partial charge in [-0.15, -0.1) is 0 Å². The molecule has 2 aromatic rings. The van der Waals surface area contributed by atoms with E-state index in [9.17, 15) is 0 Å². The van der Waals surface area contributed by atoms with Crippen molar-refractivity contribution in [1.29, 1.82) is 0 Å². The molecule has 1 saturated carbocycles. The smallest absolute Gasteiger partial charge is 0.0346 e. The van der Waals surface area contributed by atoms with Gasteiger partial charge in [-0.1, -0.05) is 37.1 Å². The highest BCUT2D eigenvalue weighted by atomic mass is 15.1. The Labute approximate surface area is 136 Å². The summed E-state index contributed by atoms with van der Waals surface area (Å²) in [7, 11) is 0. The Morgan fingerprint density at radius 2 is 2.00 bits per heavy atom. The van der Waals surface area contributed by atoms with Gasteiger partial charge in [-0.25, -0.2) is 0 Å². The van der Waals surface area contributed by atoms with Crippen molar-refractivity contribution in [3.63, 3.8) is 0 Å². The van der Waals surface area contributed by atoms with E-state index in [2.05, 4.69) is 41.9 Å². The van der Waals surface area contributed by atoms with E-state index in [-0.39, 0.29) is 1.43 Å². The van der Waals surface area contributed by atoms with Gasteiger partial charge < -0.3 is 4.90 Å². The molecule has 1 aromatic carbocycles. The first-order valence-electron chi connectivity index (χ1n) is 8.77. The van der Waals surface area contributed by atoms with E-state index >= 15 is 0 Å². The first kappa shape index (κ1) is 15.5. The number of benzene rings is 1. The van der Waals surface area contributed by atoms with E-state index < -0.39 is 0 Å². The second kappa shape index (κ2) is 7.23. The average molecular weight is 298 g/mol. The first-order valence-corrected chi connectivity index (χ1v) is 8.77. The van der Waals surface area contributed by atoms with E-state index in [4.69, 9.17) is 0 Å². The topological polar surface area (TPSA) is 16.1 Å². The normalized spacial score (nSPS) is 21.6. The largest absolute Gasteiger partial charge is 0.303 e. The molecule has 2 nitrogen and oxygen atoms in total. The summed E-state index contributed by atoms with van der Waals surface area (Å²) in [6.07, 6.45) is 9.57. The molecule has 0 radical (unpaired) electrons. The zero-order valence-corrected chi connectivity index (χ0v) is 14.0. The molecule has 2 aliphatic rings. The van der Waals surface area contributed by atoms with Gasteiger partial charge in [0.2, 0.25) is 0 Å². The van der Waals surface area contributed by atoms with Crippen LogP contribution in [0, 0.1) is 18.8 Å². The van der Waals surface area contributed by atoms with Crippen molar-refractivity contribution < 1.29 is 1.43 Å². The molecular formula is C20H30N2. The predicted octanol–water partition coefficient (Wildman–Crippen LogP) is 4.92. The quantitative estimate of drug-likeness (QED) is 0.799. The lowest BCUT2D eigenvalue weighted by Gasteiger charge is -2.14. The van der Waals surface area contributed by atoms with Gasteiger partial charge >= 0.3 is 0 Å². The number of hydrogen-bond donors (Lipinski definition) is 0. The van der Waals surface area contributed by atoms with Crippen molar-refractivity contribution in [2.45, 2.75) is 39.5 Å². The molecule has 0 amide bonds. The van der Waals surface area contributed by atoms with E-state index in [0.29, 0.717) is 0 Å². The van der Waals surface area contributed by atoms with Gasteiger partial charge in [0, 0.05) is 32.3 Å². The summed E-state index contributed by atoms with van der Waals surface area (Å²) >= 11 is 0. The summed E-state index contributed by atoms with van der Waals surface area (Å²) < 4.78 is 0. The molecule has 2 fully saturated rings. The van der Waals surface area contributed by atoms with Crippen LogP contribution in [0.25, 0.3) is 10.8 Å². The van der Waals surface area contributed by atoms with Crippen molar-refractivity contribution in [3.8, 4) is 0 Å². The van der Waals surface area contributed by atoms with E-state index in [0.717, 1.165) is 11.8 Å². The molecule has 120 valence electrons. The molecule has 0 unspecified atom stereocenters. The lowest BCUT2D eigenvalue weighted by atomic mass is 10.1. The highest BCUT2D eigenvalue weighted by molar-refractivity contribution is 5.81. The van der Waals surface area contributed by atoms with Crippen molar-refractivity contribution in [3.05, 3.63) is 42.2 Å². The van der Waals surface area contributed by atoms with Crippen LogP contribution >= 0.6 is 0 Å². The monoisotopic (exact) mass is 298 g/mol. The molecule has 1 aromatic heterocycles. The minimum Gasteiger partial charge on any atom is -0.303 e.